The lowest BCUT2D eigenvalue weighted by Crippen LogP contribution is -2.36. The van der Waals surface area contributed by atoms with Gasteiger partial charge in [0.15, 0.2) is 5.69 Å². The minimum atomic E-state index is -0.477. The van der Waals surface area contributed by atoms with Crippen LogP contribution in [0, 0.1) is 0 Å². The second-order valence-corrected chi connectivity index (χ2v) is 5.38. The number of rotatable bonds is 3. The number of methoxy groups -OCH3 is 1. The van der Waals surface area contributed by atoms with Gasteiger partial charge in [0.1, 0.15) is 0 Å². The van der Waals surface area contributed by atoms with Crippen molar-refractivity contribution >= 4 is 12.1 Å². The van der Waals surface area contributed by atoms with Gasteiger partial charge in [-0.3, -0.25) is 0 Å². The number of amides is 1. The molecular formula is C17H19N3O4. The normalized spacial score (nSPS) is 13.3. The molecule has 1 aromatic heterocycles. The van der Waals surface area contributed by atoms with Crippen molar-refractivity contribution in [2.24, 2.45) is 0 Å². The van der Waals surface area contributed by atoms with Crippen LogP contribution in [0.1, 0.15) is 28.7 Å². The molecule has 1 aliphatic heterocycles. The van der Waals surface area contributed by atoms with E-state index < -0.39 is 12.1 Å². The fourth-order valence-corrected chi connectivity index (χ4v) is 2.85. The van der Waals surface area contributed by atoms with Crippen LogP contribution in [0.2, 0.25) is 0 Å². The van der Waals surface area contributed by atoms with E-state index >= 15 is 0 Å². The number of carbonyl (C=O) groups excluding carboxylic acids is 2. The Bertz CT molecular complexity index is 755. The lowest BCUT2D eigenvalue weighted by atomic mass is 10.1. The Morgan fingerprint density at radius 1 is 1.25 bits per heavy atom. The summed E-state index contributed by atoms with van der Waals surface area (Å²) in [5.74, 6) is -0.477. The SMILES string of the molecule is CCOC(=O)c1nn(-c2ccccc2)c2c1CN(C(=O)OC)CC2. The number of para-hydroxylation sites is 1. The monoisotopic (exact) mass is 329 g/mol. The van der Waals surface area contributed by atoms with Gasteiger partial charge in [-0.05, 0) is 19.1 Å². The van der Waals surface area contributed by atoms with Gasteiger partial charge in [0.2, 0.25) is 0 Å². The zero-order valence-corrected chi connectivity index (χ0v) is 13.7. The molecule has 0 spiro atoms. The summed E-state index contributed by atoms with van der Waals surface area (Å²) < 4.78 is 11.7. The number of benzene rings is 1. The summed E-state index contributed by atoms with van der Waals surface area (Å²) in [5.41, 5.74) is 2.76. The van der Waals surface area contributed by atoms with Crippen LogP contribution >= 0.6 is 0 Å². The Hall–Kier alpha value is -2.83. The zero-order chi connectivity index (χ0) is 17.1. The summed E-state index contributed by atoms with van der Waals surface area (Å²) in [6.45, 7) is 2.81. The van der Waals surface area contributed by atoms with E-state index in [1.807, 2.05) is 30.3 Å². The fraction of sp³-hybridized carbons (Fsp3) is 0.353. The smallest absolute Gasteiger partial charge is 0.409 e. The van der Waals surface area contributed by atoms with Crippen molar-refractivity contribution < 1.29 is 19.1 Å². The molecule has 0 radical (unpaired) electrons. The summed E-state index contributed by atoms with van der Waals surface area (Å²) in [7, 11) is 1.34. The van der Waals surface area contributed by atoms with Crippen LogP contribution in [-0.2, 0) is 22.4 Å². The molecule has 3 rings (SSSR count). The van der Waals surface area contributed by atoms with Gasteiger partial charge >= 0.3 is 12.1 Å². The Morgan fingerprint density at radius 2 is 2.00 bits per heavy atom. The van der Waals surface area contributed by atoms with Gasteiger partial charge in [-0.15, -0.1) is 0 Å². The average Bonchev–Trinajstić information content (AvgIpc) is 3.01. The van der Waals surface area contributed by atoms with Crippen LogP contribution in [0.5, 0.6) is 0 Å². The topological polar surface area (TPSA) is 73.7 Å². The highest BCUT2D eigenvalue weighted by Crippen LogP contribution is 2.26. The van der Waals surface area contributed by atoms with Crippen LogP contribution in [0.4, 0.5) is 4.79 Å². The van der Waals surface area contributed by atoms with Gasteiger partial charge in [-0.25, -0.2) is 14.3 Å². The lowest BCUT2D eigenvalue weighted by Gasteiger charge is -2.26. The Kier molecular flexibility index (Phi) is 4.50. The predicted molar refractivity (Wildman–Crippen MR) is 86.0 cm³/mol. The van der Waals surface area contributed by atoms with Crippen LogP contribution in [0.25, 0.3) is 5.69 Å². The number of fused-ring (bicyclic) bond motifs is 1. The van der Waals surface area contributed by atoms with Gasteiger partial charge < -0.3 is 14.4 Å². The first-order chi connectivity index (χ1) is 11.7. The number of hydrogen-bond acceptors (Lipinski definition) is 5. The van der Waals surface area contributed by atoms with Gasteiger partial charge in [0.05, 0.1) is 31.6 Å². The molecule has 1 aliphatic rings. The minimum Gasteiger partial charge on any atom is -0.461 e. The molecule has 0 N–H and O–H groups in total. The van der Waals surface area contributed by atoms with Crippen molar-refractivity contribution in [1.29, 1.82) is 0 Å². The standard InChI is InChI=1S/C17H19N3O4/c1-3-24-16(21)15-13-11-19(17(22)23-2)10-9-14(13)20(18-15)12-7-5-4-6-8-12/h4-8H,3,9-11H2,1-2H3. The molecule has 1 aromatic carbocycles. The Balaban J connectivity index is 2.05. The maximum absolute atomic E-state index is 12.3. The number of aromatic nitrogens is 2. The van der Waals surface area contributed by atoms with E-state index in [1.165, 1.54) is 7.11 Å². The highest BCUT2D eigenvalue weighted by atomic mass is 16.5. The average molecular weight is 329 g/mol. The van der Waals surface area contributed by atoms with Gasteiger partial charge in [0, 0.05) is 18.5 Å². The zero-order valence-electron chi connectivity index (χ0n) is 13.7. The van der Waals surface area contributed by atoms with Gasteiger partial charge in [0.25, 0.3) is 0 Å². The molecule has 0 saturated carbocycles. The molecule has 24 heavy (non-hydrogen) atoms. The molecule has 2 aromatic rings. The first-order valence-electron chi connectivity index (χ1n) is 7.82. The summed E-state index contributed by atoms with van der Waals surface area (Å²) in [4.78, 5) is 25.7. The van der Waals surface area contributed by atoms with Crippen molar-refractivity contribution in [2.75, 3.05) is 20.3 Å². The van der Waals surface area contributed by atoms with E-state index in [2.05, 4.69) is 5.10 Å². The molecule has 0 saturated heterocycles. The molecule has 7 heteroatoms. The van der Waals surface area contributed by atoms with Crippen LogP contribution in [0.15, 0.2) is 30.3 Å². The third kappa shape index (κ3) is 2.84. The first kappa shape index (κ1) is 16.0. The largest absolute Gasteiger partial charge is 0.461 e. The number of ether oxygens (including phenoxy) is 2. The maximum Gasteiger partial charge on any atom is 0.409 e. The van der Waals surface area contributed by atoms with E-state index in [1.54, 1.807) is 16.5 Å². The van der Waals surface area contributed by atoms with E-state index in [-0.39, 0.29) is 18.8 Å². The highest BCUT2D eigenvalue weighted by molar-refractivity contribution is 5.89. The number of hydrogen-bond donors (Lipinski definition) is 0. The van der Waals surface area contributed by atoms with Crippen LogP contribution < -0.4 is 0 Å². The molecule has 126 valence electrons. The van der Waals surface area contributed by atoms with Crippen molar-refractivity contribution in [3.05, 3.63) is 47.3 Å². The second kappa shape index (κ2) is 6.74. The predicted octanol–water partition coefficient (Wildman–Crippen LogP) is 2.17. The first-order valence-corrected chi connectivity index (χ1v) is 7.82. The molecule has 2 heterocycles. The molecule has 0 atom stereocenters. The number of nitrogens with zero attached hydrogens (tertiary/aromatic N) is 3. The van der Waals surface area contributed by atoms with E-state index in [0.29, 0.717) is 18.5 Å². The summed E-state index contributed by atoms with van der Waals surface area (Å²) in [6, 6.07) is 9.60. The number of carbonyl (C=O) groups is 2. The third-order valence-corrected chi connectivity index (χ3v) is 3.96. The van der Waals surface area contributed by atoms with Crippen molar-refractivity contribution in [3.63, 3.8) is 0 Å². The summed E-state index contributed by atoms with van der Waals surface area (Å²) in [5, 5.41) is 4.46. The van der Waals surface area contributed by atoms with Crippen LogP contribution in [0.3, 0.4) is 0 Å². The Morgan fingerprint density at radius 3 is 2.67 bits per heavy atom. The van der Waals surface area contributed by atoms with E-state index in [0.717, 1.165) is 11.4 Å². The number of esters is 1. The van der Waals surface area contributed by atoms with Crippen molar-refractivity contribution in [3.8, 4) is 5.69 Å². The maximum atomic E-state index is 12.3. The van der Waals surface area contributed by atoms with Gasteiger partial charge in [-0.1, -0.05) is 18.2 Å². The fourth-order valence-electron chi connectivity index (χ4n) is 2.85. The molecule has 0 bridgehead atoms. The molecule has 1 amide bonds. The van der Waals surface area contributed by atoms with Crippen molar-refractivity contribution in [2.45, 2.75) is 19.9 Å². The van der Waals surface area contributed by atoms with Gasteiger partial charge in [-0.2, -0.15) is 5.10 Å². The quantitative estimate of drug-likeness (QED) is 0.807. The van der Waals surface area contributed by atoms with Crippen LogP contribution in [-0.4, -0.2) is 47.0 Å². The molecule has 7 nitrogen and oxygen atoms in total. The molecule has 0 aliphatic carbocycles. The third-order valence-electron chi connectivity index (χ3n) is 3.96. The molecular weight excluding hydrogens is 310 g/mol. The lowest BCUT2D eigenvalue weighted by molar-refractivity contribution is 0.0515. The summed E-state index contributed by atoms with van der Waals surface area (Å²) >= 11 is 0. The van der Waals surface area contributed by atoms with Crippen molar-refractivity contribution in [1.82, 2.24) is 14.7 Å². The van der Waals surface area contributed by atoms with E-state index in [9.17, 15) is 9.59 Å². The molecule has 0 fully saturated rings. The minimum absolute atomic E-state index is 0.254. The summed E-state index contributed by atoms with van der Waals surface area (Å²) in [6.07, 6.45) is 0.175. The Labute approximate surface area is 139 Å². The highest BCUT2D eigenvalue weighted by Gasteiger charge is 2.31. The molecule has 0 unspecified atom stereocenters. The second-order valence-electron chi connectivity index (χ2n) is 5.38. The van der Waals surface area contributed by atoms with E-state index in [4.69, 9.17) is 9.47 Å².